The number of benzene rings is 3. The van der Waals surface area contributed by atoms with Crippen LogP contribution >= 0.6 is 11.6 Å². The first-order valence-corrected chi connectivity index (χ1v) is 11.9. The van der Waals surface area contributed by atoms with E-state index >= 15 is 0 Å². The van der Waals surface area contributed by atoms with Gasteiger partial charge >= 0.3 is 5.97 Å². The minimum Gasteiger partial charge on any atom is -0.459 e. The largest absolute Gasteiger partial charge is 0.459 e. The zero-order valence-electron chi connectivity index (χ0n) is 20.4. The lowest BCUT2D eigenvalue weighted by molar-refractivity contribution is -0.120. The van der Waals surface area contributed by atoms with Crippen LogP contribution in [0, 0.1) is 6.92 Å². The Balaban J connectivity index is 1.44. The molecule has 3 amide bonds. The third kappa shape index (κ3) is 5.70. The smallest absolute Gasteiger partial charge is 0.338 e. The molecule has 0 aromatic heterocycles. The van der Waals surface area contributed by atoms with E-state index in [-0.39, 0.29) is 16.8 Å². The Kier molecular flexibility index (Phi) is 7.40. The quantitative estimate of drug-likeness (QED) is 0.328. The van der Waals surface area contributed by atoms with Crippen molar-refractivity contribution >= 4 is 52.4 Å². The van der Waals surface area contributed by atoms with Gasteiger partial charge in [0.05, 0.1) is 17.4 Å². The van der Waals surface area contributed by atoms with E-state index < -0.39 is 23.7 Å². The van der Waals surface area contributed by atoms with E-state index in [0.29, 0.717) is 28.2 Å². The van der Waals surface area contributed by atoms with Gasteiger partial charge in [0.2, 0.25) is 0 Å². The third-order valence-corrected chi connectivity index (χ3v) is 5.79. The molecule has 0 radical (unpaired) electrons. The molecule has 0 atom stereocenters. The molecule has 0 saturated carbocycles. The van der Waals surface area contributed by atoms with Gasteiger partial charge in [-0.2, -0.15) is 0 Å². The number of aryl methyl sites for hydroxylation is 1. The molecule has 1 aliphatic rings. The van der Waals surface area contributed by atoms with Crippen LogP contribution in [0.2, 0.25) is 0 Å². The van der Waals surface area contributed by atoms with Gasteiger partial charge in [-0.25, -0.2) is 9.69 Å². The molecule has 8 nitrogen and oxygen atoms in total. The normalized spacial score (nSPS) is 13.3. The number of imide groups is 1. The van der Waals surface area contributed by atoms with Crippen LogP contribution in [0.25, 0.3) is 0 Å². The summed E-state index contributed by atoms with van der Waals surface area (Å²) in [6.45, 7) is 5.42. The number of nitrogens with zero attached hydrogens (tertiary/aromatic N) is 1. The van der Waals surface area contributed by atoms with E-state index in [2.05, 4.69) is 10.6 Å². The second kappa shape index (κ2) is 10.7. The number of carbonyl (C=O) groups is 4. The van der Waals surface area contributed by atoms with Crippen molar-refractivity contribution in [1.82, 2.24) is 0 Å². The second-order valence-corrected chi connectivity index (χ2v) is 9.04. The molecule has 188 valence electrons. The van der Waals surface area contributed by atoms with E-state index in [1.807, 2.05) is 6.92 Å². The maximum Gasteiger partial charge on any atom is 0.338 e. The number of esters is 1. The minimum atomic E-state index is -0.617. The van der Waals surface area contributed by atoms with E-state index in [1.54, 1.807) is 80.6 Å². The molecule has 2 N–H and O–H groups in total. The Morgan fingerprint density at radius 3 is 2.19 bits per heavy atom. The average Bonchev–Trinajstić information content (AvgIpc) is 3.08. The summed E-state index contributed by atoms with van der Waals surface area (Å²) in [5, 5.41) is 5.41. The number of amides is 3. The SMILES string of the molecule is Cc1ccc(N2C(=O)C(Cl)=C(Nc3ccc(C(=O)Nc4cccc(C(=O)OC(C)C)c4)cc3)C2=O)cc1. The van der Waals surface area contributed by atoms with Crippen molar-refractivity contribution in [2.45, 2.75) is 26.9 Å². The van der Waals surface area contributed by atoms with Crippen LogP contribution in [-0.2, 0) is 14.3 Å². The third-order valence-electron chi connectivity index (χ3n) is 5.43. The van der Waals surface area contributed by atoms with Crippen LogP contribution in [0.1, 0.15) is 40.1 Å². The van der Waals surface area contributed by atoms with E-state index in [9.17, 15) is 19.2 Å². The first-order valence-electron chi connectivity index (χ1n) is 11.5. The van der Waals surface area contributed by atoms with E-state index in [4.69, 9.17) is 16.3 Å². The molecule has 1 aliphatic heterocycles. The summed E-state index contributed by atoms with van der Waals surface area (Å²) in [4.78, 5) is 51.4. The second-order valence-electron chi connectivity index (χ2n) is 8.66. The van der Waals surface area contributed by atoms with Crippen molar-refractivity contribution in [3.8, 4) is 0 Å². The zero-order valence-corrected chi connectivity index (χ0v) is 21.1. The fourth-order valence-corrected chi connectivity index (χ4v) is 3.81. The number of hydrogen-bond acceptors (Lipinski definition) is 6. The number of rotatable bonds is 7. The molecular formula is C28H24ClN3O5. The number of ether oxygens (including phenoxy) is 1. The van der Waals surface area contributed by atoms with Crippen LogP contribution < -0.4 is 15.5 Å². The molecular weight excluding hydrogens is 494 g/mol. The maximum absolute atomic E-state index is 12.9. The number of hydrogen-bond donors (Lipinski definition) is 2. The van der Waals surface area contributed by atoms with Gasteiger partial charge in [-0.3, -0.25) is 14.4 Å². The highest BCUT2D eigenvalue weighted by atomic mass is 35.5. The molecule has 0 bridgehead atoms. The van der Waals surface area contributed by atoms with Crippen LogP contribution in [0.5, 0.6) is 0 Å². The minimum absolute atomic E-state index is 0.0467. The van der Waals surface area contributed by atoms with E-state index in [1.165, 1.54) is 6.07 Å². The lowest BCUT2D eigenvalue weighted by atomic mass is 10.1. The Morgan fingerprint density at radius 1 is 0.865 bits per heavy atom. The Bertz CT molecular complexity index is 1410. The first-order chi connectivity index (χ1) is 17.6. The first kappa shape index (κ1) is 25.7. The summed E-state index contributed by atoms with van der Waals surface area (Å²) < 4.78 is 5.19. The van der Waals surface area contributed by atoms with Crippen molar-refractivity contribution in [2.24, 2.45) is 0 Å². The van der Waals surface area contributed by atoms with Crippen LogP contribution in [-0.4, -0.2) is 29.8 Å². The van der Waals surface area contributed by atoms with Crippen molar-refractivity contribution in [3.63, 3.8) is 0 Å². The van der Waals surface area contributed by atoms with Gasteiger partial charge in [-0.05, 0) is 75.4 Å². The fraction of sp³-hybridized carbons (Fsp3) is 0.143. The summed E-state index contributed by atoms with van der Waals surface area (Å²) in [6, 6.07) is 19.7. The highest BCUT2D eigenvalue weighted by Gasteiger charge is 2.38. The van der Waals surface area contributed by atoms with Crippen molar-refractivity contribution in [3.05, 3.63) is 100 Å². The molecule has 0 saturated heterocycles. The molecule has 4 rings (SSSR count). The Labute approximate surface area is 218 Å². The van der Waals surface area contributed by atoms with Gasteiger partial charge in [0.1, 0.15) is 10.7 Å². The number of nitrogens with one attached hydrogen (secondary N) is 2. The highest BCUT2D eigenvalue weighted by Crippen LogP contribution is 2.30. The summed E-state index contributed by atoms with van der Waals surface area (Å²) in [5.41, 5.74) is 2.94. The molecule has 1 heterocycles. The topological polar surface area (TPSA) is 105 Å². The molecule has 0 aliphatic carbocycles. The average molecular weight is 518 g/mol. The number of carbonyl (C=O) groups excluding carboxylic acids is 4. The molecule has 0 unspecified atom stereocenters. The van der Waals surface area contributed by atoms with E-state index in [0.717, 1.165) is 10.5 Å². The number of halogens is 1. The highest BCUT2D eigenvalue weighted by molar-refractivity contribution is 6.53. The summed E-state index contributed by atoms with van der Waals surface area (Å²) in [7, 11) is 0. The summed E-state index contributed by atoms with van der Waals surface area (Å²) in [6.07, 6.45) is -0.258. The van der Waals surface area contributed by atoms with Crippen molar-refractivity contribution in [2.75, 3.05) is 15.5 Å². The van der Waals surface area contributed by atoms with Gasteiger partial charge in [0.15, 0.2) is 0 Å². The molecule has 3 aromatic rings. The Hall–Kier alpha value is -4.43. The monoisotopic (exact) mass is 517 g/mol. The van der Waals surface area contributed by atoms with Gasteiger partial charge in [0, 0.05) is 16.9 Å². The van der Waals surface area contributed by atoms with Crippen LogP contribution in [0.3, 0.4) is 0 Å². The maximum atomic E-state index is 12.9. The molecule has 0 fully saturated rings. The van der Waals surface area contributed by atoms with Gasteiger partial charge in [-0.15, -0.1) is 0 Å². The molecule has 37 heavy (non-hydrogen) atoms. The Morgan fingerprint density at radius 2 is 1.54 bits per heavy atom. The summed E-state index contributed by atoms with van der Waals surface area (Å²) in [5.74, 6) is -2.06. The van der Waals surface area contributed by atoms with Gasteiger partial charge in [0.25, 0.3) is 17.7 Å². The van der Waals surface area contributed by atoms with Crippen molar-refractivity contribution < 1.29 is 23.9 Å². The van der Waals surface area contributed by atoms with Crippen molar-refractivity contribution in [1.29, 1.82) is 0 Å². The van der Waals surface area contributed by atoms with Gasteiger partial charge in [-0.1, -0.05) is 35.4 Å². The standard InChI is InChI=1S/C28H24ClN3O5/c1-16(2)37-28(36)19-5-4-6-21(15-19)31-25(33)18-9-11-20(12-10-18)30-24-23(29)26(34)32(27(24)35)22-13-7-17(3)8-14-22/h4-16,30H,1-3H3,(H,31,33). The molecule has 0 spiro atoms. The summed E-state index contributed by atoms with van der Waals surface area (Å²) >= 11 is 6.19. The predicted molar refractivity (Wildman–Crippen MR) is 142 cm³/mol. The number of anilines is 3. The predicted octanol–water partition coefficient (Wildman–Crippen LogP) is 5.25. The fourth-order valence-electron chi connectivity index (χ4n) is 3.60. The lowest BCUT2D eigenvalue weighted by Crippen LogP contribution is -2.32. The molecule has 9 heteroatoms. The molecule has 3 aromatic carbocycles. The zero-order chi connectivity index (χ0) is 26.7. The van der Waals surface area contributed by atoms with Crippen LogP contribution in [0.4, 0.5) is 17.1 Å². The van der Waals surface area contributed by atoms with Gasteiger partial charge < -0.3 is 15.4 Å². The lowest BCUT2D eigenvalue weighted by Gasteiger charge is -2.15. The van der Waals surface area contributed by atoms with Crippen LogP contribution in [0.15, 0.2) is 83.5 Å².